The average molecular weight is 288 g/mol. The van der Waals surface area contributed by atoms with E-state index >= 15 is 0 Å². The maximum Gasteiger partial charge on any atom is 0.120 e. The molecular weight excluding hydrogens is 268 g/mol. The minimum Gasteiger partial charge on any atom is -0.494 e. The number of hydrogen-bond acceptors (Lipinski definition) is 4. The number of anilines is 1. The van der Waals surface area contributed by atoms with Crippen LogP contribution in [-0.2, 0) is 0 Å². The van der Waals surface area contributed by atoms with Crippen LogP contribution >= 0.6 is 11.8 Å². The van der Waals surface area contributed by atoms with E-state index in [1.807, 2.05) is 55.5 Å². The average Bonchev–Trinajstić information content (AvgIpc) is 2.48. The number of nitrogens with two attached hydrogens (primary N) is 2. The molecule has 0 aliphatic carbocycles. The fourth-order valence-corrected chi connectivity index (χ4v) is 2.86. The number of thioether (sulfide) groups is 1. The van der Waals surface area contributed by atoms with E-state index in [0.29, 0.717) is 6.61 Å². The monoisotopic (exact) mass is 288 g/mol. The lowest BCUT2D eigenvalue weighted by molar-refractivity contribution is 0.339. The summed E-state index contributed by atoms with van der Waals surface area (Å²) in [4.78, 5) is 1.02. The smallest absolute Gasteiger partial charge is 0.120 e. The molecule has 0 aliphatic heterocycles. The maximum absolute atomic E-state index is 6.20. The highest BCUT2D eigenvalue weighted by molar-refractivity contribution is 7.99. The molecule has 0 aliphatic rings. The summed E-state index contributed by atoms with van der Waals surface area (Å²) in [6, 6.07) is 15.8. The molecule has 3 nitrogen and oxygen atoms in total. The zero-order valence-corrected chi connectivity index (χ0v) is 12.4. The molecule has 2 aromatic carbocycles. The Morgan fingerprint density at radius 3 is 2.60 bits per heavy atom. The summed E-state index contributed by atoms with van der Waals surface area (Å²) in [5.41, 5.74) is 14.1. The van der Waals surface area contributed by atoms with Gasteiger partial charge < -0.3 is 16.2 Å². The topological polar surface area (TPSA) is 61.3 Å². The molecule has 1 atom stereocenters. The van der Waals surface area contributed by atoms with E-state index in [1.54, 1.807) is 11.8 Å². The van der Waals surface area contributed by atoms with Crippen LogP contribution in [0.2, 0.25) is 0 Å². The number of ether oxygens (including phenoxy) is 1. The van der Waals surface area contributed by atoms with Gasteiger partial charge in [-0.2, -0.15) is 0 Å². The van der Waals surface area contributed by atoms with E-state index in [4.69, 9.17) is 16.2 Å². The van der Waals surface area contributed by atoms with Crippen LogP contribution in [0.15, 0.2) is 53.4 Å². The molecule has 4 N–H and O–H groups in total. The largest absolute Gasteiger partial charge is 0.494 e. The van der Waals surface area contributed by atoms with E-state index in [0.717, 1.165) is 27.6 Å². The number of rotatable bonds is 6. The van der Waals surface area contributed by atoms with Crippen molar-refractivity contribution in [3.8, 4) is 5.75 Å². The molecule has 0 amide bonds. The van der Waals surface area contributed by atoms with Crippen molar-refractivity contribution in [2.75, 3.05) is 18.1 Å². The first kappa shape index (κ1) is 14.8. The number of hydrogen-bond donors (Lipinski definition) is 2. The van der Waals surface area contributed by atoms with Crippen molar-refractivity contribution >= 4 is 17.4 Å². The van der Waals surface area contributed by atoms with Gasteiger partial charge in [0, 0.05) is 22.4 Å². The van der Waals surface area contributed by atoms with Crippen LogP contribution in [0.25, 0.3) is 0 Å². The van der Waals surface area contributed by atoms with Gasteiger partial charge in [-0.15, -0.1) is 11.8 Å². The van der Waals surface area contributed by atoms with E-state index in [1.165, 1.54) is 0 Å². The maximum atomic E-state index is 6.20. The standard InChI is InChI=1S/C16H20N2OS/c1-2-19-13-8-9-14(17)16(10-13)20-11-15(18)12-6-4-3-5-7-12/h3-10,15H,2,11,17-18H2,1H3. The Morgan fingerprint density at radius 1 is 1.15 bits per heavy atom. The van der Waals surface area contributed by atoms with Gasteiger partial charge in [0.25, 0.3) is 0 Å². The molecule has 0 bridgehead atoms. The summed E-state index contributed by atoms with van der Waals surface area (Å²) in [7, 11) is 0. The SMILES string of the molecule is CCOc1ccc(N)c(SCC(N)c2ccccc2)c1. The van der Waals surface area contributed by atoms with Crippen molar-refractivity contribution in [1.29, 1.82) is 0 Å². The molecule has 0 radical (unpaired) electrons. The van der Waals surface area contributed by atoms with E-state index < -0.39 is 0 Å². The van der Waals surface area contributed by atoms with Gasteiger partial charge in [0.15, 0.2) is 0 Å². The zero-order chi connectivity index (χ0) is 14.4. The van der Waals surface area contributed by atoms with Gasteiger partial charge in [-0.05, 0) is 30.7 Å². The Labute approximate surface area is 124 Å². The highest BCUT2D eigenvalue weighted by Gasteiger charge is 2.08. The summed E-state index contributed by atoms with van der Waals surface area (Å²) in [5.74, 6) is 1.63. The number of nitrogen functional groups attached to an aromatic ring is 1. The molecule has 0 fully saturated rings. The minimum absolute atomic E-state index is 0.00338. The molecule has 20 heavy (non-hydrogen) atoms. The summed E-state index contributed by atoms with van der Waals surface area (Å²) < 4.78 is 5.49. The normalized spacial score (nSPS) is 12.1. The first-order valence-corrected chi connectivity index (χ1v) is 7.65. The lowest BCUT2D eigenvalue weighted by Gasteiger charge is -2.13. The molecule has 0 spiro atoms. The third-order valence-electron chi connectivity index (χ3n) is 2.94. The van der Waals surface area contributed by atoms with Crippen LogP contribution in [0.4, 0.5) is 5.69 Å². The molecule has 0 aromatic heterocycles. The summed E-state index contributed by atoms with van der Waals surface area (Å²) >= 11 is 1.66. The van der Waals surface area contributed by atoms with Gasteiger partial charge in [-0.1, -0.05) is 30.3 Å². The van der Waals surface area contributed by atoms with Gasteiger partial charge in [0.1, 0.15) is 5.75 Å². The van der Waals surface area contributed by atoms with Crippen molar-refractivity contribution in [2.45, 2.75) is 17.9 Å². The van der Waals surface area contributed by atoms with Crippen molar-refractivity contribution < 1.29 is 4.74 Å². The molecule has 4 heteroatoms. The Balaban J connectivity index is 2.01. The highest BCUT2D eigenvalue weighted by Crippen LogP contribution is 2.31. The Hall–Kier alpha value is -1.65. The lowest BCUT2D eigenvalue weighted by Crippen LogP contribution is -2.12. The molecule has 106 valence electrons. The van der Waals surface area contributed by atoms with Gasteiger partial charge in [0.05, 0.1) is 6.61 Å². The summed E-state index contributed by atoms with van der Waals surface area (Å²) in [6.45, 7) is 2.62. The molecule has 2 rings (SSSR count). The molecule has 0 heterocycles. The third-order valence-corrected chi connectivity index (χ3v) is 4.13. The van der Waals surface area contributed by atoms with Crippen LogP contribution in [0.1, 0.15) is 18.5 Å². The van der Waals surface area contributed by atoms with Crippen LogP contribution in [-0.4, -0.2) is 12.4 Å². The third kappa shape index (κ3) is 3.92. The van der Waals surface area contributed by atoms with Gasteiger partial charge >= 0.3 is 0 Å². The highest BCUT2D eigenvalue weighted by atomic mass is 32.2. The minimum atomic E-state index is -0.00338. The second kappa shape index (κ2) is 7.22. The van der Waals surface area contributed by atoms with E-state index in [-0.39, 0.29) is 6.04 Å². The van der Waals surface area contributed by atoms with Crippen molar-refractivity contribution in [3.63, 3.8) is 0 Å². The van der Waals surface area contributed by atoms with E-state index in [2.05, 4.69) is 0 Å². The van der Waals surface area contributed by atoms with Crippen LogP contribution in [0.5, 0.6) is 5.75 Å². The molecule has 1 unspecified atom stereocenters. The Morgan fingerprint density at radius 2 is 1.90 bits per heavy atom. The predicted molar refractivity (Wildman–Crippen MR) is 86.1 cm³/mol. The van der Waals surface area contributed by atoms with Gasteiger partial charge in [0.2, 0.25) is 0 Å². The first-order valence-electron chi connectivity index (χ1n) is 6.66. The number of benzene rings is 2. The first-order chi connectivity index (χ1) is 9.70. The second-order valence-electron chi connectivity index (χ2n) is 4.46. The van der Waals surface area contributed by atoms with Crippen LogP contribution < -0.4 is 16.2 Å². The molecule has 0 saturated carbocycles. The second-order valence-corrected chi connectivity index (χ2v) is 5.52. The Kier molecular flexibility index (Phi) is 5.32. The summed E-state index contributed by atoms with van der Waals surface area (Å²) in [6.07, 6.45) is 0. The fourth-order valence-electron chi connectivity index (χ4n) is 1.87. The quantitative estimate of drug-likeness (QED) is 0.631. The Bertz CT molecular complexity index is 545. The van der Waals surface area contributed by atoms with Crippen molar-refractivity contribution in [2.24, 2.45) is 5.73 Å². The summed E-state index contributed by atoms with van der Waals surface area (Å²) in [5, 5.41) is 0. The molecular formula is C16H20N2OS. The predicted octanol–water partition coefficient (Wildman–Crippen LogP) is 3.46. The molecule has 0 saturated heterocycles. The van der Waals surface area contributed by atoms with Crippen molar-refractivity contribution in [3.05, 3.63) is 54.1 Å². The lowest BCUT2D eigenvalue weighted by atomic mass is 10.1. The van der Waals surface area contributed by atoms with Crippen LogP contribution in [0.3, 0.4) is 0 Å². The van der Waals surface area contributed by atoms with Crippen molar-refractivity contribution in [1.82, 2.24) is 0 Å². The van der Waals surface area contributed by atoms with Crippen LogP contribution in [0, 0.1) is 0 Å². The van der Waals surface area contributed by atoms with Gasteiger partial charge in [-0.3, -0.25) is 0 Å². The fraction of sp³-hybridized carbons (Fsp3) is 0.250. The molecule has 2 aromatic rings. The van der Waals surface area contributed by atoms with Gasteiger partial charge in [-0.25, -0.2) is 0 Å². The zero-order valence-electron chi connectivity index (χ0n) is 11.6. The van der Waals surface area contributed by atoms with E-state index in [9.17, 15) is 0 Å².